The molecule has 0 spiro atoms. The lowest BCUT2D eigenvalue weighted by molar-refractivity contribution is 0.398. The van der Waals surface area contributed by atoms with E-state index in [-0.39, 0.29) is 11.0 Å². The Balaban J connectivity index is 3.33. The number of methoxy groups -OCH3 is 1. The second kappa shape index (κ2) is 5.22. The standard InChI is InChI=1S/C15H24BrNO/c1-14(2,3)11-7-10(9-15(4,5)17)13(18-6)12(16)8-11/h7-8H,9,17H2,1-6H3. The molecule has 0 unspecified atom stereocenters. The molecular formula is C15H24BrNO. The molecule has 0 saturated heterocycles. The van der Waals surface area contributed by atoms with E-state index in [1.165, 1.54) is 5.56 Å². The van der Waals surface area contributed by atoms with E-state index < -0.39 is 0 Å². The van der Waals surface area contributed by atoms with E-state index in [4.69, 9.17) is 10.5 Å². The molecule has 0 heterocycles. The normalized spacial score (nSPS) is 12.7. The van der Waals surface area contributed by atoms with Crippen LogP contribution in [0.2, 0.25) is 0 Å². The molecule has 0 saturated carbocycles. The van der Waals surface area contributed by atoms with E-state index in [0.717, 1.165) is 22.2 Å². The number of halogens is 1. The van der Waals surface area contributed by atoms with Crippen molar-refractivity contribution in [3.05, 3.63) is 27.7 Å². The van der Waals surface area contributed by atoms with Gasteiger partial charge in [-0.3, -0.25) is 0 Å². The molecular weight excluding hydrogens is 290 g/mol. The highest BCUT2D eigenvalue weighted by atomic mass is 79.9. The molecule has 1 aromatic rings. The van der Waals surface area contributed by atoms with Gasteiger partial charge in [-0.15, -0.1) is 0 Å². The monoisotopic (exact) mass is 313 g/mol. The Morgan fingerprint density at radius 2 is 1.72 bits per heavy atom. The third-order valence-corrected chi connectivity index (χ3v) is 3.43. The molecule has 0 aliphatic rings. The van der Waals surface area contributed by atoms with Crippen LogP contribution in [0, 0.1) is 0 Å². The van der Waals surface area contributed by atoms with Gasteiger partial charge in [0.2, 0.25) is 0 Å². The van der Waals surface area contributed by atoms with Gasteiger partial charge in [0.05, 0.1) is 11.6 Å². The summed E-state index contributed by atoms with van der Waals surface area (Å²) in [7, 11) is 1.70. The summed E-state index contributed by atoms with van der Waals surface area (Å²) >= 11 is 3.59. The summed E-state index contributed by atoms with van der Waals surface area (Å²) in [5.74, 6) is 0.890. The van der Waals surface area contributed by atoms with Crippen LogP contribution >= 0.6 is 15.9 Å². The topological polar surface area (TPSA) is 35.2 Å². The van der Waals surface area contributed by atoms with E-state index in [2.05, 4.69) is 48.8 Å². The predicted octanol–water partition coefficient (Wildman–Crippen LogP) is 4.04. The molecule has 3 heteroatoms. The molecule has 2 N–H and O–H groups in total. The van der Waals surface area contributed by atoms with Crippen LogP contribution in [-0.4, -0.2) is 12.6 Å². The Bertz CT molecular complexity index is 427. The predicted molar refractivity (Wildman–Crippen MR) is 81.4 cm³/mol. The van der Waals surface area contributed by atoms with Crippen LogP contribution in [0.25, 0.3) is 0 Å². The van der Waals surface area contributed by atoms with Gasteiger partial charge in [-0.05, 0) is 58.8 Å². The van der Waals surface area contributed by atoms with Gasteiger partial charge < -0.3 is 10.5 Å². The second-order valence-corrected chi connectivity index (χ2v) is 7.42. The van der Waals surface area contributed by atoms with E-state index in [9.17, 15) is 0 Å². The number of hydrogen-bond donors (Lipinski definition) is 1. The lowest BCUT2D eigenvalue weighted by atomic mass is 9.84. The third kappa shape index (κ3) is 3.99. The van der Waals surface area contributed by atoms with Crippen LogP contribution in [0.15, 0.2) is 16.6 Å². The molecule has 0 aliphatic carbocycles. The molecule has 18 heavy (non-hydrogen) atoms. The minimum atomic E-state index is -0.247. The minimum Gasteiger partial charge on any atom is -0.495 e. The largest absolute Gasteiger partial charge is 0.495 e. The zero-order chi connectivity index (χ0) is 14.1. The summed E-state index contributed by atoms with van der Waals surface area (Å²) in [6.45, 7) is 10.7. The van der Waals surface area contributed by atoms with Crippen molar-refractivity contribution in [1.82, 2.24) is 0 Å². The first-order chi connectivity index (χ1) is 8.04. The Morgan fingerprint density at radius 1 is 1.17 bits per heavy atom. The first kappa shape index (κ1) is 15.5. The van der Waals surface area contributed by atoms with Crippen LogP contribution < -0.4 is 10.5 Å². The third-order valence-electron chi connectivity index (χ3n) is 2.84. The molecule has 0 fully saturated rings. The first-order valence-electron chi connectivity index (χ1n) is 6.20. The van der Waals surface area contributed by atoms with Gasteiger partial charge in [-0.25, -0.2) is 0 Å². The average Bonchev–Trinajstić information content (AvgIpc) is 2.13. The maximum Gasteiger partial charge on any atom is 0.136 e. The fourth-order valence-electron chi connectivity index (χ4n) is 1.93. The lowest BCUT2D eigenvalue weighted by Crippen LogP contribution is -2.34. The van der Waals surface area contributed by atoms with Crippen molar-refractivity contribution in [3.8, 4) is 5.75 Å². The van der Waals surface area contributed by atoms with Gasteiger partial charge in [0.25, 0.3) is 0 Å². The fourth-order valence-corrected chi connectivity index (χ4v) is 2.60. The highest BCUT2D eigenvalue weighted by molar-refractivity contribution is 9.10. The van der Waals surface area contributed by atoms with Crippen LogP contribution in [0.1, 0.15) is 45.7 Å². The van der Waals surface area contributed by atoms with Crippen LogP contribution in [0.4, 0.5) is 0 Å². The fraction of sp³-hybridized carbons (Fsp3) is 0.600. The van der Waals surface area contributed by atoms with Crippen molar-refractivity contribution in [2.45, 2.75) is 52.0 Å². The van der Waals surface area contributed by atoms with Crippen molar-refractivity contribution in [2.24, 2.45) is 5.73 Å². The second-order valence-electron chi connectivity index (χ2n) is 6.57. The van der Waals surface area contributed by atoms with Gasteiger partial charge in [0.15, 0.2) is 0 Å². The zero-order valence-corrected chi connectivity index (χ0v) is 13.8. The molecule has 0 aromatic heterocycles. The lowest BCUT2D eigenvalue weighted by Gasteiger charge is -2.25. The molecule has 102 valence electrons. The number of benzene rings is 1. The molecule has 0 bridgehead atoms. The Hall–Kier alpha value is -0.540. The van der Waals surface area contributed by atoms with E-state index in [1.54, 1.807) is 7.11 Å². The maximum absolute atomic E-state index is 6.13. The van der Waals surface area contributed by atoms with Crippen molar-refractivity contribution < 1.29 is 4.74 Å². The quantitative estimate of drug-likeness (QED) is 0.914. The van der Waals surface area contributed by atoms with E-state index in [1.807, 2.05) is 13.8 Å². The zero-order valence-electron chi connectivity index (χ0n) is 12.2. The minimum absolute atomic E-state index is 0.113. The molecule has 0 atom stereocenters. The Kier molecular flexibility index (Phi) is 4.50. The molecule has 0 amide bonds. The van der Waals surface area contributed by atoms with E-state index in [0.29, 0.717) is 0 Å². The molecule has 0 aliphatic heterocycles. The SMILES string of the molecule is COc1c(Br)cc(C(C)(C)C)cc1CC(C)(C)N. The Morgan fingerprint density at radius 3 is 2.11 bits per heavy atom. The van der Waals surface area contributed by atoms with Crippen molar-refractivity contribution in [3.63, 3.8) is 0 Å². The van der Waals surface area contributed by atoms with Crippen molar-refractivity contribution in [1.29, 1.82) is 0 Å². The molecule has 1 rings (SSSR count). The highest BCUT2D eigenvalue weighted by Crippen LogP contribution is 2.36. The van der Waals surface area contributed by atoms with Crippen LogP contribution in [0.5, 0.6) is 5.75 Å². The maximum atomic E-state index is 6.13. The van der Waals surface area contributed by atoms with Gasteiger partial charge in [-0.1, -0.05) is 26.8 Å². The molecule has 1 aromatic carbocycles. The summed E-state index contributed by atoms with van der Waals surface area (Å²) in [4.78, 5) is 0. The van der Waals surface area contributed by atoms with E-state index >= 15 is 0 Å². The summed E-state index contributed by atoms with van der Waals surface area (Å²) in [6.07, 6.45) is 0.790. The van der Waals surface area contributed by atoms with Crippen molar-refractivity contribution >= 4 is 15.9 Å². The van der Waals surface area contributed by atoms with Gasteiger partial charge >= 0.3 is 0 Å². The summed E-state index contributed by atoms with van der Waals surface area (Å²) in [5, 5.41) is 0. The number of rotatable bonds is 3. The van der Waals surface area contributed by atoms with Gasteiger partial charge in [-0.2, -0.15) is 0 Å². The smallest absolute Gasteiger partial charge is 0.136 e. The van der Waals surface area contributed by atoms with Crippen LogP contribution in [0.3, 0.4) is 0 Å². The van der Waals surface area contributed by atoms with Crippen molar-refractivity contribution in [2.75, 3.05) is 7.11 Å². The first-order valence-corrected chi connectivity index (χ1v) is 6.99. The number of ether oxygens (including phenoxy) is 1. The summed E-state index contributed by atoms with van der Waals surface area (Å²) in [6, 6.07) is 4.34. The number of hydrogen-bond acceptors (Lipinski definition) is 2. The highest BCUT2D eigenvalue weighted by Gasteiger charge is 2.21. The Labute approximate surface area is 119 Å². The van der Waals surface area contributed by atoms with Gasteiger partial charge in [0.1, 0.15) is 5.75 Å². The summed E-state index contributed by atoms with van der Waals surface area (Å²) < 4.78 is 6.48. The molecule has 0 radical (unpaired) electrons. The average molecular weight is 314 g/mol. The van der Waals surface area contributed by atoms with Crippen LogP contribution in [-0.2, 0) is 11.8 Å². The number of nitrogens with two attached hydrogens (primary N) is 1. The summed E-state index contributed by atoms with van der Waals surface area (Å²) in [5.41, 5.74) is 8.44. The van der Waals surface area contributed by atoms with Gasteiger partial charge in [0, 0.05) is 5.54 Å². The molecule has 2 nitrogen and oxygen atoms in total.